The van der Waals surface area contributed by atoms with Gasteiger partial charge in [0.1, 0.15) is 12.4 Å². The van der Waals surface area contributed by atoms with E-state index in [0.29, 0.717) is 11.9 Å². The molecule has 0 aliphatic rings. The summed E-state index contributed by atoms with van der Waals surface area (Å²) >= 11 is 3.45. The molecular formula is C17H15BrN2O. The summed E-state index contributed by atoms with van der Waals surface area (Å²) in [7, 11) is 0. The van der Waals surface area contributed by atoms with Crippen molar-refractivity contribution < 1.29 is 4.74 Å². The molecule has 0 aliphatic heterocycles. The molecule has 21 heavy (non-hydrogen) atoms. The van der Waals surface area contributed by atoms with E-state index in [0.717, 1.165) is 33.6 Å². The van der Waals surface area contributed by atoms with E-state index < -0.39 is 0 Å². The highest BCUT2D eigenvalue weighted by Crippen LogP contribution is 2.22. The zero-order valence-corrected chi connectivity index (χ0v) is 13.3. The molecule has 2 aromatic heterocycles. The molecule has 0 unspecified atom stereocenters. The van der Waals surface area contributed by atoms with Gasteiger partial charge in [-0.25, -0.2) is 0 Å². The molecule has 0 amide bonds. The number of hydrogen-bond donors (Lipinski definition) is 0. The van der Waals surface area contributed by atoms with Crippen LogP contribution in [0.4, 0.5) is 0 Å². The van der Waals surface area contributed by atoms with Gasteiger partial charge in [0.05, 0.1) is 11.2 Å². The van der Waals surface area contributed by atoms with Crippen molar-refractivity contribution in [1.29, 1.82) is 0 Å². The van der Waals surface area contributed by atoms with Crippen LogP contribution in [-0.2, 0) is 11.9 Å². The minimum Gasteiger partial charge on any atom is -0.487 e. The van der Waals surface area contributed by atoms with E-state index in [1.54, 1.807) is 0 Å². The summed E-state index contributed by atoms with van der Waals surface area (Å²) in [5.41, 5.74) is 3.97. The van der Waals surface area contributed by atoms with Crippen LogP contribution < -0.4 is 4.74 Å². The highest BCUT2D eigenvalue weighted by molar-refractivity contribution is 9.08. The summed E-state index contributed by atoms with van der Waals surface area (Å²) < 4.78 is 5.94. The lowest BCUT2D eigenvalue weighted by Crippen LogP contribution is -2.01. The Morgan fingerprint density at radius 3 is 2.81 bits per heavy atom. The number of alkyl halides is 1. The van der Waals surface area contributed by atoms with Gasteiger partial charge in [-0.05, 0) is 25.1 Å². The van der Waals surface area contributed by atoms with Crippen molar-refractivity contribution in [3.63, 3.8) is 0 Å². The number of benzene rings is 1. The number of rotatable bonds is 4. The van der Waals surface area contributed by atoms with Crippen LogP contribution in [0.3, 0.4) is 0 Å². The van der Waals surface area contributed by atoms with Gasteiger partial charge in [0.15, 0.2) is 0 Å². The van der Waals surface area contributed by atoms with Crippen LogP contribution in [0.25, 0.3) is 10.9 Å². The Labute approximate surface area is 132 Å². The molecule has 3 nitrogen and oxygen atoms in total. The fourth-order valence-electron chi connectivity index (χ4n) is 2.26. The number of aryl methyl sites for hydroxylation is 1. The van der Waals surface area contributed by atoms with Crippen molar-refractivity contribution in [3.8, 4) is 5.75 Å². The second kappa shape index (κ2) is 6.22. The normalized spacial score (nSPS) is 10.8. The topological polar surface area (TPSA) is 35.0 Å². The highest BCUT2D eigenvalue weighted by atomic mass is 79.9. The van der Waals surface area contributed by atoms with Crippen molar-refractivity contribution in [2.24, 2.45) is 0 Å². The van der Waals surface area contributed by atoms with Gasteiger partial charge in [-0.2, -0.15) is 0 Å². The Balaban J connectivity index is 1.87. The molecule has 0 N–H and O–H groups in total. The quantitative estimate of drug-likeness (QED) is 0.658. The minimum absolute atomic E-state index is 0.485. The molecule has 1 aromatic carbocycles. The molecular weight excluding hydrogens is 328 g/mol. The van der Waals surface area contributed by atoms with Gasteiger partial charge in [0, 0.05) is 28.2 Å². The molecule has 0 fully saturated rings. The molecule has 0 saturated carbocycles. The van der Waals surface area contributed by atoms with Crippen molar-refractivity contribution in [2.75, 3.05) is 0 Å². The zero-order valence-electron chi connectivity index (χ0n) is 11.7. The number of halogens is 1. The molecule has 0 bridgehead atoms. The monoisotopic (exact) mass is 342 g/mol. The van der Waals surface area contributed by atoms with Crippen molar-refractivity contribution >= 4 is 26.8 Å². The zero-order chi connectivity index (χ0) is 14.7. The van der Waals surface area contributed by atoms with Crippen LogP contribution in [0.5, 0.6) is 5.75 Å². The van der Waals surface area contributed by atoms with Gasteiger partial charge in [0.25, 0.3) is 0 Å². The molecule has 3 rings (SSSR count). The van der Waals surface area contributed by atoms with E-state index in [9.17, 15) is 0 Å². The maximum absolute atomic E-state index is 5.94. The van der Waals surface area contributed by atoms with Crippen LogP contribution in [0, 0.1) is 6.92 Å². The lowest BCUT2D eigenvalue weighted by Gasteiger charge is -2.11. The molecule has 2 heterocycles. The maximum Gasteiger partial charge on any atom is 0.142 e. The van der Waals surface area contributed by atoms with Crippen LogP contribution in [0.1, 0.15) is 17.0 Å². The minimum atomic E-state index is 0.485. The molecule has 3 aromatic rings. The van der Waals surface area contributed by atoms with E-state index in [2.05, 4.69) is 38.0 Å². The average Bonchev–Trinajstić information content (AvgIpc) is 2.53. The number of aromatic nitrogens is 2. The van der Waals surface area contributed by atoms with E-state index >= 15 is 0 Å². The van der Waals surface area contributed by atoms with Gasteiger partial charge in [-0.1, -0.05) is 40.2 Å². The lowest BCUT2D eigenvalue weighted by molar-refractivity contribution is 0.303. The molecule has 0 spiro atoms. The molecule has 106 valence electrons. The van der Waals surface area contributed by atoms with E-state index in [-0.39, 0.29) is 0 Å². The third-order valence-electron chi connectivity index (χ3n) is 3.30. The third kappa shape index (κ3) is 3.05. The third-order valence-corrected chi connectivity index (χ3v) is 3.83. The van der Waals surface area contributed by atoms with Crippen LogP contribution in [0.15, 0.2) is 48.7 Å². The number of fused-ring (bicyclic) bond motifs is 1. The van der Waals surface area contributed by atoms with E-state index in [4.69, 9.17) is 4.74 Å². The van der Waals surface area contributed by atoms with Gasteiger partial charge < -0.3 is 4.74 Å². The Morgan fingerprint density at radius 2 is 1.95 bits per heavy atom. The summed E-state index contributed by atoms with van der Waals surface area (Å²) in [5.74, 6) is 0.811. The predicted molar refractivity (Wildman–Crippen MR) is 87.7 cm³/mol. The smallest absolute Gasteiger partial charge is 0.142 e. The van der Waals surface area contributed by atoms with Crippen LogP contribution in [-0.4, -0.2) is 9.97 Å². The largest absolute Gasteiger partial charge is 0.487 e. The van der Waals surface area contributed by atoms with Crippen molar-refractivity contribution in [1.82, 2.24) is 9.97 Å². The molecule has 0 radical (unpaired) electrons. The Bertz CT molecular complexity index is 768. The summed E-state index contributed by atoms with van der Waals surface area (Å²) in [6.07, 6.45) is 1.81. The van der Waals surface area contributed by atoms with E-state index in [1.165, 1.54) is 0 Å². The maximum atomic E-state index is 5.94. The first-order valence-corrected chi connectivity index (χ1v) is 7.88. The number of pyridine rings is 2. The average molecular weight is 343 g/mol. The molecule has 0 saturated heterocycles. The number of hydrogen-bond acceptors (Lipinski definition) is 3. The SMILES string of the molecule is Cc1ccc(OCc2cccc3cccnc23)c(CBr)n1. The van der Waals surface area contributed by atoms with Gasteiger partial charge in [-0.3, -0.25) is 9.97 Å². The molecule has 0 atom stereocenters. The number of ether oxygens (including phenoxy) is 1. The fourth-order valence-corrected chi connectivity index (χ4v) is 2.67. The second-order valence-corrected chi connectivity index (χ2v) is 5.37. The van der Waals surface area contributed by atoms with Gasteiger partial charge in [0.2, 0.25) is 0 Å². The number of nitrogens with zero attached hydrogens (tertiary/aromatic N) is 2. The second-order valence-electron chi connectivity index (χ2n) is 4.81. The number of para-hydroxylation sites is 1. The van der Waals surface area contributed by atoms with Crippen LogP contribution in [0.2, 0.25) is 0 Å². The van der Waals surface area contributed by atoms with E-state index in [1.807, 2.05) is 43.5 Å². The summed E-state index contributed by atoms with van der Waals surface area (Å²) in [4.78, 5) is 8.92. The highest BCUT2D eigenvalue weighted by Gasteiger charge is 2.07. The Hall–Kier alpha value is -1.94. The first-order chi connectivity index (χ1) is 10.3. The standard InChI is InChI=1S/C17H15BrN2O/c1-12-7-8-16(15(10-18)20-12)21-11-14-5-2-4-13-6-3-9-19-17(13)14/h2-9H,10-11H2,1H3. The Kier molecular flexibility index (Phi) is 4.15. The first-order valence-electron chi connectivity index (χ1n) is 6.76. The van der Waals surface area contributed by atoms with Crippen molar-refractivity contribution in [2.45, 2.75) is 18.9 Å². The first kappa shape index (κ1) is 14.0. The fraction of sp³-hybridized carbons (Fsp3) is 0.176. The van der Waals surface area contributed by atoms with Gasteiger partial charge in [-0.15, -0.1) is 0 Å². The summed E-state index contributed by atoms with van der Waals surface area (Å²) in [6, 6.07) is 14.1. The summed E-state index contributed by atoms with van der Waals surface area (Å²) in [5, 5.41) is 1.80. The van der Waals surface area contributed by atoms with Crippen LogP contribution >= 0.6 is 15.9 Å². The predicted octanol–water partition coefficient (Wildman–Crippen LogP) is 4.41. The summed E-state index contributed by atoms with van der Waals surface area (Å²) in [6.45, 7) is 2.46. The molecule has 0 aliphatic carbocycles. The lowest BCUT2D eigenvalue weighted by atomic mass is 10.1. The Morgan fingerprint density at radius 1 is 1.10 bits per heavy atom. The van der Waals surface area contributed by atoms with Crippen molar-refractivity contribution in [3.05, 3.63) is 65.6 Å². The molecule has 4 heteroatoms. The van der Waals surface area contributed by atoms with Gasteiger partial charge >= 0.3 is 0 Å².